The standard InChI is InChI=1S/C10H11NO4/c1-7(10(14)15)11-6-2-3-8(11)4-5-9(12)13/h2-7H,1H3,(H,12,13)(H,14,15)/b5-4+. The number of aromatic nitrogens is 1. The van der Waals surface area contributed by atoms with Crippen molar-refractivity contribution in [2.24, 2.45) is 0 Å². The Hall–Kier alpha value is -2.04. The molecule has 5 nitrogen and oxygen atoms in total. The Bertz CT molecular complexity index is 405. The van der Waals surface area contributed by atoms with Gasteiger partial charge in [-0.05, 0) is 25.1 Å². The third kappa shape index (κ3) is 2.70. The van der Waals surface area contributed by atoms with Crippen molar-refractivity contribution in [3.05, 3.63) is 30.1 Å². The number of aliphatic carboxylic acids is 2. The Balaban J connectivity index is 2.96. The SMILES string of the molecule is CC(C(=O)O)n1cccc1/C=C/C(=O)O. The zero-order chi connectivity index (χ0) is 11.4. The molecule has 0 saturated carbocycles. The number of carboxylic acids is 2. The smallest absolute Gasteiger partial charge is 0.328 e. The largest absolute Gasteiger partial charge is 0.480 e. The quantitative estimate of drug-likeness (QED) is 0.731. The van der Waals surface area contributed by atoms with Gasteiger partial charge >= 0.3 is 11.9 Å². The van der Waals surface area contributed by atoms with Gasteiger partial charge in [-0.3, -0.25) is 0 Å². The highest BCUT2D eigenvalue weighted by Crippen LogP contribution is 2.13. The van der Waals surface area contributed by atoms with E-state index in [1.165, 1.54) is 17.6 Å². The summed E-state index contributed by atoms with van der Waals surface area (Å²) in [7, 11) is 0. The van der Waals surface area contributed by atoms with E-state index in [1.54, 1.807) is 18.3 Å². The lowest BCUT2D eigenvalue weighted by atomic mass is 10.3. The second-order valence-corrected chi connectivity index (χ2v) is 3.03. The van der Waals surface area contributed by atoms with Gasteiger partial charge in [0, 0.05) is 18.0 Å². The molecule has 1 aromatic heterocycles. The Morgan fingerprint density at radius 1 is 1.47 bits per heavy atom. The minimum absolute atomic E-state index is 0.548. The number of nitrogens with zero attached hydrogens (tertiary/aromatic N) is 1. The fourth-order valence-electron chi connectivity index (χ4n) is 1.18. The molecule has 0 saturated heterocycles. The highest BCUT2D eigenvalue weighted by molar-refractivity contribution is 5.85. The summed E-state index contributed by atoms with van der Waals surface area (Å²) in [6, 6.07) is 2.60. The summed E-state index contributed by atoms with van der Waals surface area (Å²) in [5.74, 6) is -2.03. The van der Waals surface area contributed by atoms with E-state index in [0.29, 0.717) is 5.69 Å². The zero-order valence-electron chi connectivity index (χ0n) is 8.12. The molecule has 0 aliphatic carbocycles. The van der Waals surface area contributed by atoms with E-state index in [2.05, 4.69) is 0 Å². The first kappa shape index (κ1) is 11.0. The van der Waals surface area contributed by atoms with Crippen LogP contribution in [0.15, 0.2) is 24.4 Å². The number of hydrogen-bond acceptors (Lipinski definition) is 2. The minimum Gasteiger partial charge on any atom is -0.480 e. The van der Waals surface area contributed by atoms with Gasteiger partial charge in [-0.1, -0.05) is 0 Å². The lowest BCUT2D eigenvalue weighted by molar-refractivity contribution is -0.140. The van der Waals surface area contributed by atoms with Crippen LogP contribution in [-0.4, -0.2) is 26.7 Å². The first-order valence-electron chi connectivity index (χ1n) is 4.33. The van der Waals surface area contributed by atoms with Crippen LogP contribution in [0.3, 0.4) is 0 Å². The van der Waals surface area contributed by atoms with Gasteiger partial charge in [0.2, 0.25) is 0 Å². The fraction of sp³-hybridized carbons (Fsp3) is 0.200. The molecule has 0 aromatic carbocycles. The first-order chi connectivity index (χ1) is 7.02. The van der Waals surface area contributed by atoms with Crippen molar-refractivity contribution in [2.75, 3.05) is 0 Å². The van der Waals surface area contributed by atoms with Gasteiger partial charge in [0.25, 0.3) is 0 Å². The van der Waals surface area contributed by atoms with Crippen LogP contribution in [0.25, 0.3) is 6.08 Å². The predicted molar refractivity (Wildman–Crippen MR) is 53.4 cm³/mol. The molecule has 0 aliphatic rings. The van der Waals surface area contributed by atoms with E-state index >= 15 is 0 Å². The van der Waals surface area contributed by atoms with E-state index in [0.717, 1.165) is 6.08 Å². The Morgan fingerprint density at radius 2 is 2.13 bits per heavy atom. The zero-order valence-corrected chi connectivity index (χ0v) is 8.12. The van der Waals surface area contributed by atoms with Crippen molar-refractivity contribution in [1.29, 1.82) is 0 Å². The monoisotopic (exact) mass is 209 g/mol. The van der Waals surface area contributed by atoms with E-state index < -0.39 is 18.0 Å². The molecule has 15 heavy (non-hydrogen) atoms. The third-order valence-electron chi connectivity index (χ3n) is 1.98. The molecule has 1 rings (SSSR count). The van der Waals surface area contributed by atoms with Crippen LogP contribution in [0, 0.1) is 0 Å². The summed E-state index contributed by atoms with van der Waals surface area (Å²) in [4.78, 5) is 21.0. The molecule has 0 spiro atoms. The molecule has 2 N–H and O–H groups in total. The van der Waals surface area contributed by atoms with Crippen LogP contribution in [0.1, 0.15) is 18.7 Å². The second kappa shape index (κ2) is 4.45. The average molecular weight is 209 g/mol. The van der Waals surface area contributed by atoms with E-state index in [-0.39, 0.29) is 0 Å². The van der Waals surface area contributed by atoms with Crippen LogP contribution >= 0.6 is 0 Å². The van der Waals surface area contributed by atoms with Crippen LogP contribution < -0.4 is 0 Å². The number of carboxylic acid groups (broad SMARTS) is 2. The molecule has 1 atom stereocenters. The van der Waals surface area contributed by atoms with Crippen LogP contribution in [0.5, 0.6) is 0 Å². The molecule has 5 heteroatoms. The van der Waals surface area contributed by atoms with Crippen molar-refractivity contribution in [1.82, 2.24) is 4.57 Å². The van der Waals surface area contributed by atoms with Crippen LogP contribution in [0.4, 0.5) is 0 Å². The highest BCUT2D eigenvalue weighted by Gasteiger charge is 2.13. The molecule has 80 valence electrons. The Morgan fingerprint density at radius 3 is 2.67 bits per heavy atom. The maximum absolute atomic E-state index is 10.7. The molecule has 0 amide bonds. The maximum atomic E-state index is 10.7. The number of carbonyl (C=O) groups is 2. The van der Waals surface area contributed by atoms with E-state index in [1.807, 2.05) is 0 Å². The van der Waals surface area contributed by atoms with Crippen LogP contribution in [0.2, 0.25) is 0 Å². The van der Waals surface area contributed by atoms with Crippen molar-refractivity contribution in [2.45, 2.75) is 13.0 Å². The lowest BCUT2D eigenvalue weighted by Gasteiger charge is -2.10. The van der Waals surface area contributed by atoms with Gasteiger partial charge in [0.05, 0.1) is 0 Å². The minimum atomic E-state index is -1.06. The van der Waals surface area contributed by atoms with Gasteiger partial charge in [0.15, 0.2) is 0 Å². The van der Waals surface area contributed by atoms with Gasteiger partial charge in [-0.2, -0.15) is 0 Å². The van der Waals surface area contributed by atoms with Gasteiger partial charge in [-0.15, -0.1) is 0 Å². The van der Waals surface area contributed by atoms with E-state index in [4.69, 9.17) is 10.2 Å². The molecule has 1 aromatic rings. The normalized spacial score (nSPS) is 12.9. The lowest BCUT2D eigenvalue weighted by Crippen LogP contribution is -2.15. The summed E-state index contributed by atoms with van der Waals surface area (Å²) < 4.78 is 1.49. The maximum Gasteiger partial charge on any atom is 0.328 e. The molecule has 1 unspecified atom stereocenters. The van der Waals surface area contributed by atoms with Crippen molar-refractivity contribution in [3.8, 4) is 0 Å². The average Bonchev–Trinajstić information content (AvgIpc) is 2.60. The van der Waals surface area contributed by atoms with Crippen molar-refractivity contribution >= 4 is 18.0 Å². The molecule has 1 heterocycles. The summed E-state index contributed by atoms with van der Waals surface area (Å²) in [5, 5.41) is 17.2. The molecule has 0 radical (unpaired) electrons. The Kier molecular flexibility index (Phi) is 3.28. The Labute approximate surface area is 86.3 Å². The second-order valence-electron chi connectivity index (χ2n) is 3.03. The fourth-order valence-corrected chi connectivity index (χ4v) is 1.18. The predicted octanol–water partition coefficient (Wildman–Crippen LogP) is 1.23. The van der Waals surface area contributed by atoms with Crippen molar-refractivity contribution < 1.29 is 19.8 Å². The molecular formula is C10H11NO4. The third-order valence-corrected chi connectivity index (χ3v) is 1.98. The molecular weight excluding hydrogens is 198 g/mol. The van der Waals surface area contributed by atoms with Gasteiger partial charge < -0.3 is 14.8 Å². The highest BCUT2D eigenvalue weighted by atomic mass is 16.4. The summed E-state index contributed by atoms with van der Waals surface area (Å²) >= 11 is 0. The van der Waals surface area contributed by atoms with E-state index in [9.17, 15) is 9.59 Å². The van der Waals surface area contributed by atoms with Crippen LogP contribution in [-0.2, 0) is 9.59 Å². The van der Waals surface area contributed by atoms with Gasteiger partial charge in [-0.25, -0.2) is 9.59 Å². The molecule has 0 bridgehead atoms. The summed E-state index contributed by atoms with van der Waals surface area (Å²) in [6.07, 6.45) is 3.93. The summed E-state index contributed by atoms with van der Waals surface area (Å²) in [5.41, 5.74) is 0.548. The molecule has 0 aliphatic heterocycles. The summed E-state index contributed by atoms with van der Waals surface area (Å²) in [6.45, 7) is 1.53. The first-order valence-corrected chi connectivity index (χ1v) is 4.33. The van der Waals surface area contributed by atoms with Gasteiger partial charge in [0.1, 0.15) is 6.04 Å². The molecule has 0 fully saturated rings. The van der Waals surface area contributed by atoms with Crippen molar-refractivity contribution in [3.63, 3.8) is 0 Å². The number of hydrogen-bond donors (Lipinski definition) is 2. The topological polar surface area (TPSA) is 79.5 Å². The number of rotatable bonds is 4.